The number of aromatic hydroxyl groups is 1. The average Bonchev–Trinajstić information content (AvgIpc) is 2.87. The Morgan fingerprint density at radius 3 is 2.73 bits per heavy atom. The zero-order valence-corrected chi connectivity index (χ0v) is 12.5. The van der Waals surface area contributed by atoms with E-state index in [1.165, 1.54) is 0 Å². The van der Waals surface area contributed by atoms with Crippen molar-refractivity contribution >= 4 is 17.0 Å². The Kier molecular flexibility index (Phi) is 3.68. The number of aryl methyl sites for hydroxylation is 1. The summed E-state index contributed by atoms with van der Waals surface area (Å²) in [6.45, 7) is 2.29. The van der Waals surface area contributed by atoms with Crippen LogP contribution in [0.25, 0.3) is 11.0 Å². The quantitative estimate of drug-likeness (QED) is 0.686. The molecule has 2 heterocycles. The number of benzene rings is 1. The number of fused-ring (bicyclic) bond motifs is 1. The zero-order chi connectivity index (χ0) is 15.7. The lowest BCUT2D eigenvalue weighted by Crippen LogP contribution is -2.07. The van der Waals surface area contributed by atoms with Crippen molar-refractivity contribution in [2.24, 2.45) is 0 Å². The van der Waals surface area contributed by atoms with Gasteiger partial charge in [0.2, 0.25) is 5.95 Å². The lowest BCUT2D eigenvalue weighted by Gasteiger charge is -2.10. The highest BCUT2D eigenvalue weighted by Gasteiger charge is 2.13. The summed E-state index contributed by atoms with van der Waals surface area (Å²) in [6.07, 6.45) is 0. The van der Waals surface area contributed by atoms with Gasteiger partial charge in [-0.2, -0.15) is 0 Å². The maximum Gasteiger partial charge on any atom is 0.203 e. The molecule has 0 aliphatic heterocycles. The second kappa shape index (κ2) is 5.65. The fourth-order valence-corrected chi connectivity index (χ4v) is 2.49. The number of hydrogen-bond acceptors (Lipinski definition) is 5. The van der Waals surface area contributed by atoms with Gasteiger partial charge in [-0.25, -0.2) is 4.98 Å². The maximum atomic E-state index is 10.0. The van der Waals surface area contributed by atoms with Gasteiger partial charge in [0, 0.05) is 12.7 Å². The standard InChI is InChI=1S/C16H18N4O2/c1-10-3-6-15(22)13(18-10)8-20-14-5-4-11(9-21)7-12(14)19-16(20)17-2/h3-7,21-22H,8-9H2,1-2H3,(H,17,19). The van der Waals surface area contributed by atoms with Crippen LogP contribution in [-0.4, -0.2) is 31.8 Å². The van der Waals surface area contributed by atoms with Gasteiger partial charge in [0.15, 0.2) is 0 Å². The van der Waals surface area contributed by atoms with Gasteiger partial charge in [-0.15, -0.1) is 0 Å². The second-order valence-electron chi connectivity index (χ2n) is 5.17. The molecule has 0 saturated heterocycles. The number of pyridine rings is 1. The second-order valence-corrected chi connectivity index (χ2v) is 5.17. The normalized spacial score (nSPS) is 11.0. The third kappa shape index (κ3) is 2.48. The van der Waals surface area contributed by atoms with Crippen LogP contribution >= 0.6 is 0 Å². The Labute approximate surface area is 128 Å². The predicted octanol–water partition coefficient (Wildman–Crippen LogP) is 2.03. The van der Waals surface area contributed by atoms with Crippen LogP contribution in [0, 0.1) is 6.92 Å². The van der Waals surface area contributed by atoms with Gasteiger partial charge in [-0.1, -0.05) is 6.07 Å². The molecule has 0 fully saturated rings. The molecule has 0 atom stereocenters. The fraction of sp³-hybridized carbons (Fsp3) is 0.250. The molecular weight excluding hydrogens is 280 g/mol. The Bertz CT molecular complexity index is 826. The van der Waals surface area contributed by atoms with E-state index >= 15 is 0 Å². The van der Waals surface area contributed by atoms with Crippen LogP contribution in [0.15, 0.2) is 30.3 Å². The van der Waals surface area contributed by atoms with Crippen molar-refractivity contribution in [2.45, 2.75) is 20.1 Å². The predicted molar refractivity (Wildman–Crippen MR) is 84.9 cm³/mol. The first kappa shape index (κ1) is 14.3. The number of aromatic nitrogens is 3. The molecular formula is C16H18N4O2. The summed E-state index contributed by atoms with van der Waals surface area (Å²) in [5.41, 5.74) is 3.98. The van der Waals surface area contributed by atoms with Crippen LogP contribution in [-0.2, 0) is 13.2 Å². The van der Waals surface area contributed by atoms with Crippen LogP contribution in [0.1, 0.15) is 17.0 Å². The minimum absolute atomic E-state index is 0.0160. The molecule has 2 aromatic heterocycles. The largest absolute Gasteiger partial charge is 0.506 e. The summed E-state index contributed by atoms with van der Waals surface area (Å²) >= 11 is 0. The summed E-state index contributed by atoms with van der Waals surface area (Å²) in [4.78, 5) is 8.92. The number of imidazole rings is 1. The molecule has 0 spiro atoms. The number of aliphatic hydroxyl groups excluding tert-OH is 1. The van der Waals surface area contributed by atoms with E-state index in [9.17, 15) is 10.2 Å². The van der Waals surface area contributed by atoms with Crippen molar-refractivity contribution in [2.75, 3.05) is 12.4 Å². The lowest BCUT2D eigenvalue weighted by molar-refractivity contribution is 0.282. The molecule has 6 nitrogen and oxygen atoms in total. The van der Waals surface area contributed by atoms with Crippen LogP contribution < -0.4 is 5.32 Å². The lowest BCUT2D eigenvalue weighted by atomic mass is 10.2. The number of aliphatic hydroxyl groups is 1. The molecule has 3 N–H and O–H groups in total. The SMILES string of the molecule is CNc1nc2cc(CO)ccc2n1Cc1nc(C)ccc1O. The van der Waals surface area contributed by atoms with E-state index < -0.39 is 0 Å². The molecule has 114 valence electrons. The van der Waals surface area contributed by atoms with Gasteiger partial charge < -0.3 is 20.1 Å². The molecule has 6 heteroatoms. The Morgan fingerprint density at radius 2 is 2.00 bits per heavy atom. The monoisotopic (exact) mass is 298 g/mol. The molecule has 0 unspecified atom stereocenters. The van der Waals surface area contributed by atoms with E-state index in [1.807, 2.05) is 29.7 Å². The number of rotatable bonds is 4. The minimum atomic E-state index is -0.0160. The molecule has 22 heavy (non-hydrogen) atoms. The molecule has 0 aliphatic carbocycles. The Hall–Kier alpha value is -2.60. The maximum absolute atomic E-state index is 10.0. The van der Waals surface area contributed by atoms with Crippen molar-refractivity contribution < 1.29 is 10.2 Å². The molecule has 0 radical (unpaired) electrons. The summed E-state index contributed by atoms with van der Waals surface area (Å²) in [6, 6.07) is 9.07. The number of anilines is 1. The van der Waals surface area contributed by atoms with E-state index in [0.29, 0.717) is 18.2 Å². The van der Waals surface area contributed by atoms with E-state index in [4.69, 9.17) is 0 Å². The van der Waals surface area contributed by atoms with Gasteiger partial charge in [-0.3, -0.25) is 4.98 Å². The highest BCUT2D eigenvalue weighted by molar-refractivity contribution is 5.79. The van der Waals surface area contributed by atoms with Crippen molar-refractivity contribution in [1.82, 2.24) is 14.5 Å². The van der Waals surface area contributed by atoms with E-state index in [1.54, 1.807) is 19.2 Å². The molecule has 0 saturated carbocycles. The first-order chi connectivity index (χ1) is 10.6. The zero-order valence-electron chi connectivity index (χ0n) is 12.5. The van der Waals surface area contributed by atoms with E-state index in [0.717, 1.165) is 22.3 Å². The Morgan fingerprint density at radius 1 is 1.18 bits per heavy atom. The van der Waals surface area contributed by atoms with Crippen molar-refractivity contribution in [1.29, 1.82) is 0 Å². The number of nitrogens with zero attached hydrogens (tertiary/aromatic N) is 3. The Balaban J connectivity index is 2.11. The molecule has 3 rings (SSSR count). The third-order valence-corrected chi connectivity index (χ3v) is 3.62. The van der Waals surface area contributed by atoms with Gasteiger partial charge in [0.05, 0.1) is 24.2 Å². The first-order valence-electron chi connectivity index (χ1n) is 7.05. The van der Waals surface area contributed by atoms with E-state index in [-0.39, 0.29) is 12.4 Å². The average molecular weight is 298 g/mol. The van der Waals surface area contributed by atoms with E-state index in [2.05, 4.69) is 15.3 Å². The summed E-state index contributed by atoms with van der Waals surface area (Å²) in [5, 5.41) is 22.3. The van der Waals surface area contributed by atoms with Gasteiger partial charge in [0.25, 0.3) is 0 Å². The van der Waals surface area contributed by atoms with Crippen LogP contribution in [0.3, 0.4) is 0 Å². The smallest absolute Gasteiger partial charge is 0.203 e. The van der Waals surface area contributed by atoms with Crippen molar-refractivity contribution in [3.05, 3.63) is 47.3 Å². The summed E-state index contributed by atoms with van der Waals surface area (Å²) < 4.78 is 1.96. The summed E-state index contributed by atoms with van der Waals surface area (Å²) in [5.74, 6) is 0.856. The molecule has 3 aromatic rings. The minimum Gasteiger partial charge on any atom is -0.506 e. The highest BCUT2D eigenvalue weighted by atomic mass is 16.3. The van der Waals surface area contributed by atoms with Gasteiger partial charge in [-0.05, 0) is 36.8 Å². The van der Waals surface area contributed by atoms with Gasteiger partial charge in [0.1, 0.15) is 11.4 Å². The fourth-order valence-electron chi connectivity index (χ4n) is 2.49. The van der Waals surface area contributed by atoms with Crippen molar-refractivity contribution in [3.8, 4) is 5.75 Å². The molecule has 0 bridgehead atoms. The van der Waals surface area contributed by atoms with Crippen LogP contribution in [0.2, 0.25) is 0 Å². The first-order valence-corrected chi connectivity index (χ1v) is 7.05. The highest BCUT2D eigenvalue weighted by Crippen LogP contribution is 2.24. The van der Waals surface area contributed by atoms with Crippen LogP contribution in [0.5, 0.6) is 5.75 Å². The van der Waals surface area contributed by atoms with Gasteiger partial charge >= 0.3 is 0 Å². The molecule has 0 amide bonds. The topological polar surface area (TPSA) is 83.2 Å². The number of hydrogen-bond donors (Lipinski definition) is 3. The van der Waals surface area contributed by atoms with Crippen LogP contribution in [0.4, 0.5) is 5.95 Å². The molecule has 0 aliphatic rings. The number of nitrogens with one attached hydrogen (secondary N) is 1. The third-order valence-electron chi connectivity index (χ3n) is 3.62. The summed E-state index contributed by atoms with van der Waals surface area (Å²) in [7, 11) is 1.80. The van der Waals surface area contributed by atoms with Crippen molar-refractivity contribution in [3.63, 3.8) is 0 Å². The molecule has 1 aromatic carbocycles.